The number of imide groups is 1. The van der Waals surface area contributed by atoms with Gasteiger partial charge in [-0.25, -0.2) is 4.90 Å². The van der Waals surface area contributed by atoms with Gasteiger partial charge in [-0.3, -0.25) is 9.59 Å². The molecular weight excluding hydrogens is 382 g/mol. The van der Waals surface area contributed by atoms with E-state index >= 15 is 0 Å². The maximum absolute atomic E-state index is 13.5. The van der Waals surface area contributed by atoms with Gasteiger partial charge in [0.2, 0.25) is 0 Å². The molecule has 0 atom stereocenters. The third-order valence-electron chi connectivity index (χ3n) is 5.98. The van der Waals surface area contributed by atoms with Gasteiger partial charge in [-0.1, -0.05) is 78.9 Å². The second-order valence-electron chi connectivity index (χ2n) is 7.73. The highest BCUT2D eigenvalue weighted by Gasteiger charge is 2.34. The Hall–Kier alpha value is -4.24. The molecule has 0 aliphatic carbocycles. The number of carbonyl (C=O) groups excluding carboxylic acids is 2. The van der Waals surface area contributed by atoms with Gasteiger partial charge < -0.3 is 0 Å². The van der Waals surface area contributed by atoms with Crippen LogP contribution >= 0.6 is 0 Å². The molecule has 2 amide bonds. The van der Waals surface area contributed by atoms with Gasteiger partial charge >= 0.3 is 0 Å². The predicted octanol–water partition coefficient (Wildman–Crippen LogP) is 6.46. The number of anilines is 1. The Morgan fingerprint density at radius 2 is 1.19 bits per heavy atom. The fraction of sp³-hybridized carbons (Fsp3) is 0. The molecule has 31 heavy (non-hydrogen) atoms. The summed E-state index contributed by atoms with van der Waals surface area (Å²) in [5.41, 5.74) is 3.77. The first kappa shape index (κ1) is 17.6. The van der Waals surface area contributed by atoms with Crippen molar-refractivity contribution in [1.82, 2.24) is 0 Å². The average Bonchev–Trinajstić information content (AvgIpc) is 2.83. The average molecular weight is 399 g/mol. The van der Waals surface area contributed by atoms with Gasteiger partial charge in [-0.15, -0.1) is 0 Å². The van der Waals surface area contributed by atoms with E-state index in [1.54, 1.807) is 0 Å². The fourth-order valence-electron chi connectivity index (χ4n) is 4.52. The summed E-state index contributed by atoms with van der Waals surface area (Å²) >= 11 is 0. The van der Waals surface area contributed by atoms with Gasteiger partial charge in [-0.2, -0.15) is 0 Å². The van der Waals surface area contributed by atoms with Crippen molar-refractivity contribution < 1.29 is 9.59 Å². The van der Waals surface area contributed by atoms with Crippen LogP contribution in [0.2, 0.25) is 0 Å². The lowest BCUT2D eigenvalue weighted by Gasteiger charge is -2.28. The second kappa shape index (κ2) is 6.64. The number of carbonyl (C=O) groups is 2. The van der Waals surface area contributed by atoms with Crippen LogP contribution in [0, 0.1) is 0 Å². The van der Waals surface area contributed by atoms with Gasteiger partial charge in [0.25, 0.3) is 11.8 Å². The summed E-state index contributed by atoms with van der Waals surface area (Å²) < 4.78 is 0. The van der Waals surface area contributed by atoms with Crippen molar-refractivity contribution in [2.24, 2.45) is 0 Å². The quantitative estimate of drug-likeness (QED) is 0.319. The van der Waals surface area contributed by atoms with Crippen molar-refractivity contribution in [3.8, 4) is 11.1 Å². The molecule has 3 heteroatoms. The zero-order chi connectivity index (χ0) is 20.9. The van der Waals surface area contributed by atoms with E-state index in [-0.39, 0.29) is 11.8 Å². The Labute approximate surface area is 179 Å². The Bertz CT molecular complexity index is 1500. The van der Waals surface area contributed by atoms with Crippen LogP contribution in [0.25, 0.3) is 32.7 Å². The van der Waals surface area contributed by atoms with Crippen LogP contribution in [-0.2, 0) is 0 Å². The molecule has 0 aromatic heterocycles. The summed E-state index contributed by atoms with van der Waals surface area (Å²) in [6.45, 7) is 0. The Morgan fingerprint density at radius 1 is 0.516 bits per heavy atom. The highest BCUT2D eigenvalue weighted by Crippen LogP contribution is 2.38. The molecule has 0 bridgehead atoms. The molecule has 0 N–H and O–H groups in total. The monoisotopic (exact) mass is 399 g/mol. The van der Waals surface area contributed by atoms with E-state index in [9.17, 15) is 9.59 Å². The number of amides is 2. The zero-order valence-corrected chi connectivity index (χ0v) is 16.6. The molecule has 1 aliphatic heterocycles. The lowest BCUT2D eigenvalue weighted by Crippen LogP contribution is -2.40. The summed E-state index contributed by atoms with van der Waals surface area (Å²) in [6.07, 6.45) is 0. The van der Waals surface area contributed by atoms with Crippen molar-refractivity contribution in [2.45, 2.75) is 0 Å². The first-order valence-electron chi connectivity index (χ1n) is 10.2. The maximum Gasteiger partial charge on any atom is 0.265 e. The predicted molar refractivity (Wildman–Crippen MR) is 124 cm³/mol. The minimum Gasteiger partial charge on any atom is -0.268 e. The van der Waals surface area contributed by atoms with Crippen LogP contribution in [0.5, 0.6) is 0 Å². The summed E-state index contributed by atoms with van der Waals surface area (Å²) in [6, 6.07) is 33.1. The topological polar surface area (TPSA) is 37.4 Å². The SMILES string of the molecule is O=C1c2cccc3c(-c4ccccc4)ccc(c23)C(=O)N1c1ccc2ccccc2c1. The van der Waals surface area contributed by atoms with E-state index < -0.39 is 0 Å². The maximum atomic E-state index is 13.5. The molecular formula is C28H17NO2. The lowest BCUT2D eigenvalue weighted by molar-refractivity contribution is 0.0893. The van der Waals surface area contributed by atoms with Gasteiger partial charge in [-0.05, 0) is 51.6 Å². The number of fused-ring (bicyclic) bond motifs is 1. The molecule has 5 aromatic carbocycles. The molecule has 0 spiro atoms. The minimum absolute atomic E-state index is 0.288. The van der Waals surface area contributed by atoms with Crippen LogP contribution in [0.3, 0.4) is 0 Å². The summed E-state index contributed by atoms with van der Waals surface area (Å²) in [5.74, 6) is -0.577. The van der Waals surface area contributed by atoms with E-state index in [2.05, 4.69) is 0 Å². The molecule has 1 heterocycles. The van der Waals surface area contributed by atoms with Gasteiger partial charge in [0.15, 0.2) is 0 Å². The summed E-state index contributed by atoms with van der Waals surface area (Å²) in [5, 5.41) is 3.71. The number of hydrogen-bond acceptors (Lipinski definition) is 2. The van der Waals surface area contributed by atoms with Crippen LogP contribution < -0.4 is 4.90 Å². The first-order chi connectivity index (χ1) is 15.2. The van der Waals surface area contributed by atoms with Crippen molar-refractivity contribution in [3.05, 3.63) is 114 Å². The molecule has 3 nitrogen and oxygen atoms in total. The van der Waals surface area contributed by atoms with E-state index in [1.165, 1.54) is 4.90 Å². The number of benzene rings is 5. The Balaban J connectivity index is 1.56. The molecule has 0 saturated carbocycles. The standard InChI is InChI=1S/C28H17NO2/c30-27-24-12-6-11-23-22(19-8-2-1-3-9-19)15-16-25(26(23)24)28(31)29(27)21-14-13-18-7-4-5-10-20(18)17-21/h1-17H. The van der Waals surface area contributed by atoms with Crippen molar-refractivity contribution in [2.75, 3.05) is 4.90 Å². The van der Waals surface area contributed by atoms with E-state index in [4.69, 9.17) is 0 Å². The zero-order valence-electron chi connectivity index (χ0n) is 16.6. The molecule has 0 saturated heterocycles. The molecule has 6 rings (SSSR count). The van der Waals surface area contributed by atoms with Gasteiger partial charge in [0.1, 0.15) is 0 Å². The third-order valence-corrected chi connectivity index (χ3v) is 5.98. The normalized spacial score (nSPS) is 13.2. The van der Waals surface area contributed by atoms with Crippen LogP contribution in [0.4, 0.5) is 5.69 Å². The smallest absolute Gasteiger partial charge is 0.265 e. The Kier molecular flexibility index (Phi) is 3.77. The Morgan fingerprint density at radius 3 is 2.00 bits per heavy atom. The van der Waals surface area contributed by atoms with Crippen LogP contribution in [0.1, 0.15) is 20.7 Å². The molecule has 146 valence electrons. The first-order valence-corrected chi connectivity index (χ1v) is 10.2. The van der Waals surface area contributed by atoms with Crippen LogP contribution in [-0.4, -0.2) is 11.8 Å². The van der Waals surface area contributed by atoms with Crippen molar-refractivity contribution in [3.63, 3.8) is 0 Å². The third kappa shape index (κ3) is 2.60. The highest BCUT2D eigenvalue weighted by molar-refractivity contribution is 6.36. The largest absolute Gasteiger partial charge is 0.268 e. The molecule has 5 aromatic rings. The van der Waals surface area contributed by atoms with Crippen molar-refractivity contribution in [1.29, 1.82) is 0 Å². The van der Waals surface area contributed by atoms with E-state index in [0.29, 0.717) is 16.8 Å². The van der Waals surface area contributed by atoms with Gasteiger partial charge in [0, 0.05) is 16.5 Å². The molecule has 1 aliphatic rings. The van der Waals surface area contributed by atoms with Crippen LogP contribution in [0.15, 0.2) is 103 Å². The van der Waals surface area contributed by atoms with Crippen molar-refractivity contribution >= 4 is 39.0 Å². The second-order valence-corrected chi connectivity index (χ2v) is 7.73. The molecule has 0 radical (unpaired) electrons. The van der Waals surface area contributed by atoms with E-state index in [1.807, 2.05) is 103 Å². The molecule has 0 fully saturated rings. The number of nitrogens with zero attached hydrogens (tertiary/aromatic N) is 1. The number of rotatable bonds is 2. The fourth-order valence-corrected chi connectivity index (χ4v) is 4.52. The van der Waals surface area contributed by atoms with Gasteiger partial charge in [0.05, 0.1) is 5.69 Å². The van der Waals surface area contributed by atoms with E-state index in [0.717, 1.165) is 32.7 Å². The highest BCUT2D eigenvalue weighted by atomic mass is 16.2. The summed E-state index contributed by atoms with van der Waals surface area (Å²) in [7, 11) is 0. The minimum atomic E-state index is -0.288. The lowest BCUT2D eigenvalue weighted by atomic mass is 9.89. The summed E-state index contributed by atoms with van der Waals surface area (Å²) in [4.78, 5) is 28.3. The number of hydrogen-bond donors (Lipinski definition) is 0. The molecule has 0 unspecified atom stereocenters.